The Morgan fingerprint density at radius 3 is 2.66 bits per heavy atom. The minimum Gasteiger partial charge on any atom is -0.489 e. The molecule has 1 aliphatic heterocycles. The highest BCUT2D eigenvalue weighted by atomic mass is 19.4. The number of hydrogen-bond donors (Lipinski definition) is 2. The lowest BCUT2D eigenvalue weighted by Crippen LogP contribution is -2.48. The van der Waals surface area contributed by atoms with Gasteiger partial charge in [0.05, 0.1) is 11.6 Å². The molecule has 9 nitrogen and oxygen atoms in total. The molecule has 4 aromatic rings. The van der Waals surface area contributed by atoms with Crippen LogP contribution >= 0.6 is 0 Å². The normalized spacial score (nSPS) is 19.3. The van der Waals surface area contributed by atoms with Gasteiger partial charge in [0.15, 0.2) is 11.5 Å². The van der Waals surface area contributed by atoms with Crippen molar-refractivity contribution < 1.29 is 27.8 Å². The molecule has 2 N–H and O–H groups in total. The summed E-state index contributed by atoms with van der Waals surface area (Å²) in [5.74, 6) is 0.890. The summed E-state index contributed by atoms with van der Waals surface area (Å²) in [6.45, 7) is 5.43. The van der Waals surface area contributed by atoms with Crippen LogP contribution in [0.15, 0.2) is 48.7 Å². The summed E-state index contributed by atoms with van der Waals surface area (Å²) in [7, 11) is 0. The van der Waals surface area contributed by atoms with Crippen LogP contribution in [0.5, 0.6) is 5.75 Å². The maximum Gasteiger partial charge on any atom is 0.408 e. The monoisotopic (exact) mass is 528 g/mol. The van der Waals surface area contributed by atoms with Gasteiger partial charge < -0.3 is 15.2 Å². The number of halogens is 3. The van der Waals surface area contributed by atoms with E-state index in [1.807, 2.05) is 38.1 Å². The maximum atomic E-state index is 14.4. The molecule has 0 spiro atoms. The third-order valence-corrected chi connectivity index (χ3v) is 6.60. The summed E-state index contributed by atoms with van der Waals surface area (Å²) in [6.07, 6.45) is -4.29. The molecule has 0 radical (unpaired) electrons. The van der Waals surface area contributed by atoms with Gasteiger partial charge in [-0.25, -0.2) is 9.78 Å². The zero-order valence-corrected chi connectivity index (χ0v) is 21.0. The first kappa shape index (κ1) is 25.7. The lowest BCUT2D eigenvalue weighted by Gasteiger charge is -2.32. The van der Waals surface area contributed by atoms with Crippen molar-refractivity contribution >= 4 is 22.6 Å². The van der Waals surface area contributed by atoms with Crippen LogP contribution in [0.3, 0.4) is 0 Å². The van der Waals surface area contributed by atoms with Crippen LogP contribution in [0.25, 0.3) is 28.1 Å². The number of pyridine rings is 2. The van der Waals surface area contributed by atoms with Crippen molar-refractivity contribution in [2.75, 3.05) is 13.1 Å². The molecule has 200 valence electrons. The Labute approximate surface area is 216 Å². The lowest BCUT2D eigenvalue weighted by atomic mass is 10.0. The summed E-state index contributed by atoms with van der Waals surface area (Å²) in [6, 6.07) is 10.1. The average Bonchev–Trinajstić information content (AvgIpc) is 3.40. The number of aromatic nitrogens is 4. The van der Waals surface area contributed by atoms with E-state index in [2.05, 4.69) is 15.5 Å². The Kier molecular flexibility index (Phi) is 6.38. The maximum absolute atomic E-state index is 14.4. The third kappa shape index (κ3) is 4.95. The summed E-state index contributed by atoms with van der Waals surface area (Å²) in [4.78, 5) is 17.1. The van der Waals surface area contributed by atoms with E-state index in [9.17, 15) is 18.0 Å². The number of alkyl halides is 3. The van der Waals surface area contributed by atoms with Gasteiger partial charge in [0.25, 0.3) is 0 Å². The number of para-hydroxylation sites is 1. The molecular weight excluding hydrogens is 501 g/mol. The Morgan fingerprint density at radius 2 is 1.95 bits per heavy atom. The van der Waals surface area contributed by atoms with Gasteiger partial charge in [-0.3, -0.25) is 9.30 Å². The van der Waals surface area contributed by atoms with Gasteiger partial charge in [-0.05, 0) is 51.0 Å². The first-order valence-electron chi connectivity index (χ1n) is 12.2. The molecule has 1 aromatic carbocycles. The number of benzene rings is 1. The van der Waals surface area contributed by atoms with Gasteiger partial charge in [-0.1, -0.05) is 24.3 Å². The van der Waals surface area contributed by atoms with Crippen molar-refractivity contribution in [3.05, 3.63) is 54.2 Å². The van der Waals surface area contributed by atoms with Crippen LogP contribution in [0.1, 0.15) is 38.8 Å². The topological polar surface area (TPSA) is 105 Å². The largest absolute Gasteiger partial charge is 0.489 e. The van der Waals surface area contributed by atoms with Crippen LogP contribution < -0.4 is 10.1 Å². The fraction of sp³-hybridized carbons (Fsp3) is 0.385. The molecule has 1 saturated heterocycles. The molecule has 4 heterocycles. The quantitative estimate of drug-likeness (QED) is 0.360. The molecule has 0 saturated carbocycles. The highest BCUT2D eigenvalue weighted by Gasteiger charge is 2.49. The number of carboxylic acid groups (broad SMARTS) is 1. The van der Waals surface area contributed by atoms with E-state index in [-0.39, 0.29) is 31.2 Å². The lowest BCUT2D eigenvalue weighted by molar-refractivity contribution is -0.184. The summed E-state index contributed by atoms with van der Waals surface area (Å²) in [5.41, 5.74) is 0.436. The van der Waals surface area contributed by atoms with Gasteiger partial charge in [0.1, 0.15) is 23.0 Å². The minimum absolute atomic E-state index is 0.00440. The standard InChI is InChI=1S/C26H27F3N6O3/c1-15(2)38-19-6-4-5-16-7-9-18(30-21(16)19)23-33-32-20-10-8-17(13-35(20)23)22(26(27,28)29)34-12-11-25(3,14-34)31-24(36)37/h4-10,13,15,22,31H,11-12,14H2,1-3H3,(H,36,37)/t22-,25?/m0/s1. The third-order valence-electron chi connectivity index (χ3n) is 6.60. The number of hydrogen-bond acceptors (Lipinski definition) is 6. The minimum atomic E-state index is -4.60. The number of fused-ring (bicyclic) bond motifs is 2. The van der Waals surface area contributed by atoms with Gasteiger partial charge >= 0.3 is 12.3 Å². The van der Waals surface area contributed by atoms with Crippen LogP contribution in [0, 0.1) is 0 Å². The van der Waals surface area contributed by atoms with E-state index >= 15 is 0 Å². The number of nitrogens with one attached hydrogen (secondary N) is 1. The number of rotatable bonds is 6. The molecule has 5 rings (SSSR count). The highest BCUT2D eigenvalue weighted by Crippen LogP contribution is 2.41. The Morgan fingerprint density at radius 1 is 1.16 bits per heavy atom. The predicted octanol–water partition coefficient (Wildman–Crippen LogP) is 5.07. The molecule has 3 aromatic heterocycles. The Hall–Kier alpha value is -3.93. The smallest absolute Gasteiger partial charge is 0.408 e. The second-order valence-electron chi connectivity index (χ2n) is 10.1. The molecule has 1 fully saturated rings. The van der Waals surface area contributed by atoms with E-state index in [0.29, 0.717) is 28.4 Å². The number of likely N-dealkylation sites (tertiary alicyclic amines) is 1. The van der Waals surface area contributed by atoms with Crippen LogP contribution in [0.2, 0.25) is 0 Å². The second-order valence-corrected chi connectivity index (χ2v) is 10.1. The van der Waals surface area contributed by atoms with E-state index < -0.39 is 23.9 Å². The fourth-order valence-electron chi connectivity index (χ4n) is 5.02. The fourth-order valence-corrected chi connectivity index (χ4v) is 5.02. The van der Waals surface area contributed by atoms with Gasteiger partial charge in [0.2, 0.25) is 0 Å². The van der Waals surface area contributed by atoms with Gasteiger partial charge in [-0.15, -0.1) is 10.2 Å². The molecule has 0 bridgehead atoms. The van der Waals surface area contributed by atoms with Crippen molar-refractivity contribution in [3.63, 3.8) is 0 Å². The molecule has 38 heavy (non-hydrogen) atoms. The van der Waals surface area contributed by atoms with Crippen molar-refractivity contribution in [1.29, 1.82) is 0 Å². The van der Waals surface area contributed by atoms with Crippen molar-refractivity contribution in [1.82, 2.24) is 29.8 Å². The zero-order chi connectivity index (χ0) is 27.2. The highest BCUT2D eigenvalue weighted by molar-refractivity contribution is 5.86. The van der Waals surface area contributed by atoms with Gasteiger partial charge in [-0.2, -0.15) is 13.2 Å². The van der Waals surface area contributed by atoms with E-state index in [1.54, 1.807) is 13.0 Å². The first-order valence-corrected chi connectivity index (χ1v) is 12.2. The second kappa shape index (κ2) is 9.43. The summed E-state index contributed by atoms with van der Waals surface area (Å²) < 4.78 is 50.6. The number of ether oxygens (including phenoxy) is 1. The molecule has 0 aliphatic carbocycles. The summed E-state index contributed by atoms with van der Waals surface area (Å²) >= 11 is 0. The van der Waals surface area contributed by atoms with Gasteiger partial charge in [0, 0.05) is 24.7 Å². The Bertz CT molecular complexity index is 1500. The van der Waals surface area contributed by atoms with E-state index in [4.69, 9.17) is 14.8 Å². The number of nitrogens with zero attached hydrogens (tertiary/aromatic N) is 5. The average molecular weight is 529 g/mol. The molecule has 1 unspecified atom stereocenters. The van der Waals surface area contributed by atoms with Crippen molar-refractivity contribution in [2.45, 2.75) is 51.1 Å². The molecular formula is C26H27F3N6O3. The number of carbonyl (C=O) groups is 1. The van der Waals surface area contributed by atoms with Crippen LogP contribution in [-0.2, 0) is 0 Å². The zero-order valence-electron chi connectivity index (χ0n) is 21.0. The van der Waals surface area contributed by atoms with E-state index in [0.717, 1.165) is 5.39 Å². The molecule has 1 aliphatic rings. The van der Waals surface area contributed by atoms with Crippen LogP contribution in [0.4, 0.5) is 18.0 Å². The van der Waals surface area contributed by atoms with Crippen LogP contribution in [-0.4, -0.2) is 66.6 Å². The van der Waals surface area contributed by atoms with Crippen molar-refractivity contribution in [3.8, 4) is 17.3 Å². The predicted molar refractivity (Wildman–Crippen MR) is 134 cm³/mol. The molecule has 2 atom stereocenters. The van der Waals surface area contributed by atoms with Crippen molar-refractivity contribution in [2.24, 2.45) is 0 Å². The number of amides is 1. The first-order chi connectivity index (χ1) is 17.9. The molecule has 1 amide bonds. The summed E-state index contributed by atoms with van der Waals surface area (Å²) in [5, 5.41) is 20.7. The molecule has 12 heteroatoms. The SMILES string of the molecule is CC(C)Oc1cccc2ccc(-c3nnc4ccc([C@H](N5CCC(C)(NC(=O)O)C5)C(F)(F)F)cn34)nc12. The van der Waals surface area contributed by atoms with E-state index in [1.165, 1.54) is 27.6 Å². The Balaban J connectivity index is 1.56.